The van der Waals surface area contributed by atoms with Crippen LogP contribution in [0.5, 0.6) is 17.2 Å². The molecule has 3 rings (SSSR count). The number of carbonyl (C=O) groups excluding carboxylic acids is 1. The number of benzene rings is 2. The highest BCUT2D eigenvalue weighted by molar-refractivity contribution is 6.01. The minimum Gasteiger partial charge on any atom is -0.493 e. The van der Waals surface area contributed by atoms with Gasteiger partial charge >= 0.3 is 0 Å². The molecule has 2 aromatic rings. The summed E-state index contributed by atoms with van der Waals surface area (Å²) < 4.78 is 16.3. The van der Waals surface area contributed by atoms with Crippen LogP contribution < -0.4 is 14.2 Å². The summed E-state index contributed by atoms with van der Waals surface area (Å²) >= 11 is 0. The summed E-state index contributed by atoms with van der Waals surface area (Å²) in [6.07, 6.45) is 5.03. The summed E-state index contributed by atoms with van der Waals surface area (Å²) in [6.45, 7) is 1.41. The zero-order valence-electron chi connectivity index (χ0n) is 14.2. The van der Waals surface area contributed by atoms with E-state index in [0.29, 0.717) is 29.4 Å². The molecule has 1 heterocycles. The van der Waals surface area contributed by atoms with E-state index in [1.807, 2.05) is 35.2 Å². The van der Waals surface area contributed by atoms with Crippen LogP contribution >= 0.6 is 0 Å². The van der Waals surface area contributed by atoms with Crippen molar-refractivity contribution in [2.75, 3.05) is 34.4 Å². The lowest BCUT2D eigenvalue weighted by Gasteiger charge is -2.23. The summed E-state index contributed by atoms with van der Waals surface area (Å²) in [5.74, 6) is 1.77. The lowest BCUT2D eigenvalue weighted by Crippen LogP contribution is -2.33. The Morgan fingerprint density at radius 1 is 1.00 bits per heavy atom. The monoisotopic (exact) mass is 327 g/mol. The van der Waals surface area contributed by atoms with Gasteiger partial charge < -0.3 is 19.1 Å². The fourth-order valence-corrected chi connectivity index (χ4v) is 3.02. The minimum absolute atomic E-state index is 0.0370. The maximum Gasteiger partial charge on any atom is 0.254 e. The molecule has 1 amide bonds. The second-order valence-electron chi connectivity index (χ2n) is 5.59. The molecule has 0 saturated heterocycles. The van der Waals surface area contributed by atoms with Crippen molar-refractivity contribution >= 4 is 16.7 Å². The molecule has 0 fully saturated rings. The van der Waals surface area contributed by atoms with E-state index in [-0.39, 0.29) is 5.91 Å². The molecule has 1 aliphatic heterocycles. The van der Waals surface area contributed by atoms with Gasteiger partial charge in [0, 0.05) is 24.0 Å². The van der Waals surface area contributed by atoms with Crippen molar-refractivity contribution in [3.63, 3.8) is 0 Å². The van der Waals surface area contributed by atoms with Gasteiger partial charge in [-0.2, -0.15) is 0 Å². The standard InChI is InChI=1S/C19H21NO4/c1-22-16-12-14-11-13(19(21)20-9-5-4-6-10-20)7-8-15(14)17(23-2)18(16)24-3/h4-5,7-8,11-12H,6,9-10H2,1-3H3. The number of methoxy groups -OCH3 is 3. The van der Waals surface area contributed by atoms with Crippen LogP contribution in [0.2, 0.25) is 0 Å². The highest BCUT2D eigenvalue weighted by Crippen LogP contribution is 2.43. The molecule has 0 spiro atoms. The summed E-state index contributed by atoms with van der Waals surface area (Å²) in [7, 11) is 4.75. The first-order valence-corrected chi connectivity index (χ1v) is 7.86. The maximum absolute atomic E-state index is 12.7. The van der Waals surface area contributed by atoms with E-state index in [1.54, 1.807) is 21.3 Å². The Kier molecular flexibility index (Phi) is 4.60. The van der Waals surface area contributed by atoms with Crippen molar-refractivity contribution in [3.8, 4) is 17.2 Å². The topological polar surface area (TPSA) is 48.0 Å². The number of amides is 1. The van der Waals surface area contributed by atoms with Crippen LogP contribution in [-0.2, 0) is 0 Å². The zero-order chi connectivity index (χ0) is 17.1. The molecule has 24 heavy (non-hydrogen) atoms. The van der Waals surface area contributed by atoms with Gasteiger partial charge in [0.05, 0.1) is 21.3 Å². The van der Waals surface area contributed by atoms with Gasteiger partial charge in [0.15, 0.2) is 11.5 Å². The van der Waals surface area contributed by atoms with E-state index in [0.717, 1.165) is 23.7 Å². The summed E-state index contributed by atoms with van der Waals surface area (Å²) in [5, 5.41) is 1.76. The van der Waals surface area contributed by atoms with E-state index < -0.39 is 0 Å². The van der Waals surface area contributed by atoms with Crippen molar-refractivity contribution in [1.82, 2.24) is 4.90 Å². The number of hydrogen-bond acceptors (Lipinski definition) is 4. The van der Waals surface area contributed by atoms with Crippen molar-refractivity contribution < 1.29 is 19.0 Å². The Morgan fingerprint density at radius 3 is 2.42 bits per heavy atom. The Hall–Kier alpha value is -2.69. The molecule has 0 unspecified atom stereocenters. The lowest BCUT2D eigenvalue weighted by molar-refractivity contribution is 0.0771. The molecule has 0 bridgehead atoms. The van der Waals surface area contributed by atoms with E-state index in [4.69, 9.17) is 14.2 Å². The van der Waals surface area contributed by atoms with Crippen LogP contribution in [0.15, 0.2) is 36.4 Å². The Bertz CT molecular complexity index is 798. The maximum atomic E-state index is 12.7. The summed E-state index contributed by atoms with van der Waals surface area (Å²) in [6, 6.07) is 7.46. The smallest absolute Gasteiger partial charge is 0.254 e. The normalized spacial score (nSPS) is 13.9. The fraction of sp³-hybridized carbons (Fsp3) is 0.316. The van der Waals surface area contributed by atoms with Gasteiger partial charge in [-0.3, -0.25) is 4.79 Å². The molecular weight excluding hydrogens is 306 g/mol. The zero-order valence-corrected chi connectivity index (χ0v) is 14.2. The number of rotatable bonds is 4. The molecule has 0 aromatic heterocycles. The molecule has 2 aromatic carbocycles. The van der Waals surface area contributed by atoms with Crippen molar-refractivity contribution in [2.24, 2.45) is 0 Å². The Labute approximate surface area is 141 Å². The SMILES string of the molecule is COc1cc2cc(C(=O)N3CC=CCC3)ccc2c(OC)c1OC. The average molecular weight is 327 g/mol. The van der Waals surface area contributed by atoms with Gasteiger partial charge in [-0.25, -0.2) is 0 Å². The van der Waals surface area contributed by atoms with Crippen LogP contribution in [-0.4, -0.2) is 45.2 Å². The van der Waals surface area contributed by atoms with Crippen LogP contribution in [0, 0.1) is 0 Å². The first kappa shape index (κ1) is 16.2. The van der Waals surface area contributed by atoms with Gasteiger partial charge in [0.25, 0.3) is 5.91 Å². The van der Waals surface area contributed by atoms with Gasteiger partial charge in [0.2, 0.25) is 5.75 Å². The van der Waals surface area contributed by atoms with Crippen LogP contribution in [0.4, 0.5) is 0 Å². The van der Waals surface area contributed by atoms with Gasteiger partial charge in [0.1, 0.15) is 0 Å². The highest BCUT2D eigenvalue weighted by Gasteiger charge is 2.19. The molecule has 0 N–H and O–H groups in total. The lowest BCUT2D eigenvalue weighted by atomic mass is 10.0. The van der Waals surface area contributed by atoms with Gasteiger partial charge in [-0.1, -0.05) is 12.2 Å². The number of carbonyl (C=O) groups is 1. The molecule has 0 saturated carbocycles. The highest BCUT2D eigenvalue weighted by atomic mass is 16.5. The number of hydrogen-bond donors (Lipinski definition) is 0. The molecule has 0 aliphatic carbocycles. The van der Waals surface area contributed by atoms with Crippen molar-refractivity contribution in [2.45, 2.75) is 6.42 Å². The second kappa shape index (κ2) is 6.83. The Balaban J connectivity index is 2.07. The summed E-state index contributed by atoms with van der Waals surface area (Å²) in [5.41, 5.74) is 0.659. The summed E-state index contributed by atoms with van der Waals surface area (Å²) in [4.78, 5) is 14.5. The molecular formula is C19H21NO4. The first-order valence-electron chi connectivity index (χ1n) is 7.86. The van der Waals surface area contributed by atoms with Crippen molar-refractivity contribution in [3.05, 3.63) is 42.0 Å². The predicted molar refractivity (Wildman–Crippen MR) is 93.3 cm³/mol. The quantitative estimate of drug-likeness (QED) is 0.809. The minimum atomic E-state index is 0.0370. The van der Waals surface area contributed by atoms with Gasteiger partial charge in [-0.05, 0) is 36.1 Å². The van der Waals surface area contributed by atoms with Crippen molar-refractivity contribution in [1.29, 1.82) is 0 Å². The van der Waals surface area contributed by atoms with E-state index in [1.165, 1.54) is 0 Å². The van der Waals surface area contributed by atoms with E-state index in [9.17, 15) is 4.79 Å². The third kappa shape index (κ3) is 2.77. The van der Waals surface area contributed by atoms with Crippen LogP contribution in [0.3, 0.4) is 0 Å². The van der Waals surface area contributed by atoms with E-state index in [2.05, 4.69) is 6.08 Å². The molecule has 0 radical (unpaired) electrons. The largest absolute Gasteiger partial charge is 0.493 e. The van der Waals surface area contributed by atoms with Gasteiger partial charge in [-0.15, -0.1) is 0 Å². The predicted octanol–water partition coefficient (Wildman–Crippen LogP) is 3.27. The number of nitrogens with zero attached hydrogens (tertiary/aromatic N) is 1. The molecule has 1 aliphatic rings. The average Bonchev–Trinajstić information content (AvgIpc) is 2.65. The first-order chi connectivity index (χ1) is 11.7. The second-order valence-corrected chi connectivity index (χ2v) is 5.59. The Morgan fingerprint density at radius 2 is 1.79 bits per heavy atom. The molecule has 126 valence electrons. The van der Waals surface area contributed by atoms with Crippen LogP contribution in [0.25, 0.3) is 10.8 Å². The fourth-order valence-electron chi connectivity index (χ4n) is 3.02. The number of ether oxygens (including phenoxy) is 3. The molecule has 5 nitrogen and oxygen atoms in total. The number of fused-ring (bicyclic) bond motifs is 1. The molecule has 5 heteroatoms. The molecule has 0 atom stereocenters. The van der Waals surface area contributed by atoms with Crippen LogP contribution in [0.1, 0.15) is 16.8 Å². The third-order valence-corrected chi connectivity index (χ3v) is 4.23. The third-order valence-electron chi connectivity index (χ3n) is 4.23. The van der Waals surface area contributed by atoms with E-state index >= 15 is 0 Å².